The van der Waals surface area contributed by atoms with Crippen molar-refractivity contribution in [1.29, 1.82) is 0 Å². The maximum atomic E-state index is 13.1. The van der Waals surface area contributed by atoms with Crippen molar-refractivity contribution >= 4 is 30.7 Å². The fourth-order valence-electron chi connectivity index (χ4n) is 3.68. The highest BCUT2D eigenvalue weighted by Gasteiger charge is 2.27. The molecule has 0 aliphatic carbocycles. The van der Waals surface area contributed by atoms with Gasteiger partial charge in [-0.3, -0.25) is 9.78 Å². The highest BCUT2D eigenvalue weighted by molar-refractivity contribution is 5.96. The van der Waals surface area contributed by atoms with Gasteiger partial charge >= 0.3 is 0 Å². The predicted octanol–water partition coefficient (Wildman–Crippen LogP) is 3.20. The third kappa shape index (κ3) is 3.97. The van der Waals surface area contributed by atoms with Gasteiger partial charge in [0.05, 0.1) is 0 Å². The molecule has 0 bridgehead atoms. The van der Waals surface area contributed by atoms with Gasteiger partial charge in [-0.15, -0.1) is 24.8 Å². The molecule has 1 amide bonds. The zero-order valence-electron chi connectivity index (χ0n) is 14.0. The molecule has 1 aromatic carbocycles. The molecule has 134 valence electrons. The van der Waals surface area contributed by atoms with Crippen molar-refractivity contribution < 1.29 is 4.79 Å². The quantitative estimate of drug-likeness (QED) is 0.871. The van der Waals surface area contributed by atoms with E-state index in [0.717, 1.165) is 43.7 Å². The average Bonchev–Trinajstić information content (AvgIpc) is 3.15. The number of amides is 1. The second-order valence-corrected chi connectivity index (χ2v) is 6.36. The number of nitrogens with one attached hydrogen (secondary N) is 1. The minimum atomic E-state index is 0. The number of hydrogen-bond donors (Lipinski definition) is 1. The Morgan fingerprint density at radius 1 is 1.16 bits per heavy atom. The molecule has 4 rings (SSSR count). The summed E-state index contributed by atoms with van der Waals surface area (Å²) in [4.78, 5) is 19.5. The van der Waals surface area contributed by atoms with Crippen LogP contribution in [0.2, 0.25) is 0 Å². The number of rotatable bonds is 2. The van der Waals surface area contributed by atoms with Crippen LogP contribution in [0.25, 0.3) is 0 Å². The van der Waals surface area contributed by atoms with E-state index >= 15 is 0 Å². The number of aromatic nitrogens is 1. The van der Waals surface area contributed by atoms with Gasteiger partial charge in [-0.05, 0) is 42.1 Å². The zero-order chi connectivity index (χ0) is 15.6. The molecular formula is C19H23Cl2N3O. The Labute approximate surface area is 160 Å². The number of fused-ring (bicyclic) bond motifs is 1. The van der Waals surface area contributed by atoms with E-state index in [1.54, 1.807) is 0 Å². The molecule has 2 aromatic rings. The lowest BCUT2D eigenvalue weighted by Crippen LogP contribution is -2.37. The van der Waals surface area contributed by atoms with Gasteiger partial charge < -0.3 is 10.2 Å². The third-order valence-corrected chi connectivity index (χ3v) is 4.94. The summed E-state index contributed by atoms with van der Waals surface area (Å²) in [7, 11) is 0. The van der Waals surface area contributed by atoms with Crippen molar-refractivity contribution in [3.63, 3.8) is 0 Å². The molecule has 2 aliphatic heterocycles. The monoisotopic (exact) mass is 379 g/mol. The first kappa shape index (κ1) is 19.7. The van der Waals surface area contributed by atoms with E-state index in [1.807, 2.05) is 35.4 Å². The number of carbonyl (C=O) groups is 1. The molecule has 0 radical (unpaired) electrons. The summed E-state index contributed by atoms with van der Waals surface area (Å²) >= 11 is 0. The standard InChI is InChI=1S/C19H21N3O.2ClH/c23-19(22-11-8-18-15(13-22)4-3-9-21-18)17-6-2-1-5-16(17)14-7-10-20-12-14;;/h1-6,9,14,20H,7-8,10-13H2;2*1H. The Morgan fingerprint density at radius 3 is 2.80 bits per heavy atom. The van der Waals surface area contributed by atoms with Crippen LogP contribution in [-0.2, 0) is 13.0 Å². The molecule has 4 nitrogen and oxygen atoms in total. The minimum Gasteiger partial charge on any atom is -0.334 e. The molecule has 2 aliphatic rings. The lowest BCUT2D eigenvalue weighted by molar-refractivity contribution is 0.0732. The molecule has 3 heterocycles. The molecular weight excluding hydrogens is 357 g/mol. The van der Waals surface area contributed by atoms with Gasteiger partial charge in [0, 0.05) is 43.5 Å². The van der Waals surface area contributed by atoms with Crippen LogP contribution in [0.1, 0.15) is 39.5 Å². The Bertz CT molecular complexity index is 732. The maximum absolute atomic E-state index is 13.1. The Balaban J connectivity index is 0.00000113. The van der Waals surface area contributed by atoms with Crippen LogP contribution in [0.5, 0.6) is 0 Å². The Morgan fingerprint density at radius 2 is 2.00 bits per heavy atom. The van der Waals surface area contributed by atoms with Crippen molar-refractivity contribution in [1.82, 2.24) is 15.2 Å². The number of hydrogen-bond acceptors (Lipinski definition) is 3. The van der Waals surface area contributed by atoms with E-state index in [4.69, 9.17) is 0 Å². The lowest BCUT2D eigenvalue weighted by Gasteiger charge is -2.29. The molecule has 0 spiro atoms. The minimum absolute atomic E-state index is 0. The van der Waals surface area contributed by atoms with Crippen molar-refractivity contribution in [3.8, 4) is 0 Å². The van der Waals surface area contributed by atoms with Crippen molar-refractivity contribution in [2.24, 2.45) is 0 Å². The molecule has 1 N–H and O–H groups in total. The summed E-state index contributed by atoms with van der Waals surface area (Å²) in [6, 6.07) is 12.1. The first-order valence-electron chi connectivity index (χ1n) is 8.34. The molecule has 1 atom stereocenters. The molecule has 1 fully saturated rings. The van der Waals surface area contributed by atoms with E-state index < -0.39 is 0 Å². The summed E-state index contributed by atoms with van der Waals surface area (Å²) in [6.07, 6.45) is 3.78. The molecule has 25 heavy (non-hydrogen) atoms. The van der Waals surface area contributed by atoms with Gasteiger partial charge in [-0.25, -0.2) is 0 Å². The Hall–Kier alpha value is -1.62. The third-order valence-electron chi connectivity index (χ3n) is 4.94. The number of halogens is 2. The van der Waals surface area contributed by atoms with Gasteiger partial charge in [0.2, 0.25) is 0 Å². The fraction of sp³-hybridized carbons (Fsp3) is 0.368. The van der Waals surface area contributed by atoms with Crippen molar-refractivity contribution in [3.05, 3.63) is 65.0 Å². The summed E-state index contributed by atoms with van der Waals surface area (Å²) in [5.74, 6) is 0.607. The van der Waals surface area contributed by atoms with E-state index in [-0.39, 0.29) is 30.7 Å². The summed E-state index contributed by atoms with van der Waals surface area (Å²) < 4.78 is 0. The van der Waals surface area contributed by atoms with Gasteiger partial charge in [-0.2, -0.15) is 0 Å². The Kier molecular flexibility index (Phi) is 6.82. The van der Waals surface area contributed by atoms with Gasteiger partial charge in [0.25, 0.3) is 5.91 Å². The van der Waals surface area contributed by atoms with Crippen LogP contribution in [0.3, 0.4) is 0 Å². The normalized spacial score (nSPS) is 18.7. The van der Waals surface area contributed by atoms with Gasteiger partial charge in [0.1, 0.15) is 0 Å². The number of benzene rings is 1. The highest BCUT2D eigenvalue weighted by Crippen LogP contribution is 2.27. The van der Waals surface area contributed by atoms with Crippen LogP contribution in [0.15, 0.2) is 42.6 Å². The molecule has 1 aromatic heterocycles. The molecule has 1 saturated heterocycles. The summed E-state index contributed by atoms with van der Waals surface area (Å²) in [5, 5.41) is 3.40. The molecule has 6 heteroatoms. The first-order chi connectivity index (χ1) is 11.3. The number of nitrogens with zero attached hydrogens (tertiary/aromatic N) is 2. The van der Waals surface area contributed by atoms with Crippen LogP contribution in [0.4, 0.5) is 0 Å². The summed E-state index contributed by atoms with van der Waals surface area (Å²) in [5.41, 5.74) is 4.37. The highest BCUT2D eigenvalue weighted by atomic mass is 35.5. The maximum Gasteiger partial charge on any atom is 0.254 e. The average molecular weight is 380 g/mol. The number of carbonyl (C=O) groups excluding carboxylic acids is 1. The van der Waals surface area contributed by atoms with Crippen molar-refractivity contribution in [2.45, 2.75) is 25.3 Å². The summed E-state index contributed by atoms with van der Waals surface area (Å²) in [6.45, 7) is 3.42. The van der Waals surface area contributed by atoms with Gasteiger partial charge in [0.15, 0.2) is 0 Å². The largest absolute Gasteiger partial charge is 0.334 e. The lowest BCUT2D eigenvalue weighted by atomic mass is 9.92. The van der Waals surface area contributed by atoms with Crippen LogP contribution in [0, 0.1) is 0 Å². The van der Waals surface area contributed by atoms with Crippen molar-refractivity contribution in [2.75, 3.05) is 19.6 Å². The first-order valence-corrected chi connectivity index (χ1v) is 8.34. The second kappa shape index (κ2) is 8.65. The van der Waals surface area contributed by atoms with Crippen LogP contribution < -0.4 is 5.32 Å². The zero-order valence-corrected chi connectivity index (χ0v) is 15.6. The topological polar surface area (TPSA) is 45.2 Å². The van der Waals surface area contributed by atoms with E-state index in [0.29, 0.717) is 12.5 Å². The smallest absolute Gasteiger partial charge is 0.254 e. The molecule has 0 saturated carbocycles. The number of pyridine rings is 1. The molecule has 1 unspecified atom stereocenters. The van der Waals surface area contributed by atoms with E-state index in [9.17, 15) is 4.79 Å². The second-order valence-electron chi connectivity index (χ2n) is 6.36. The van der Waals surface area contributed by atoms with E-state index in [2.05, 4.69) is 22.4 Å². The predicted molar refractivity (Wildman–Crippen MR) is 104 cm³/mol. The van der Waals surface area contributed by atoms with Gasteiger partial charge in [-0.1, -0.05) is 24.3 Å². The SMILES string of the molecule is Cl.Cl.O=C(c1ccccc1C1CCNC1)N1CCc2ncccc2C1. The fourth-order valence-corrected chi connectivity index (χ4v) is 3.68. The van der Waals surface area contributed by atoms with Crippen LogP contribution in [-0.4, -0.2) is 35.4 Å². The van der Waals surface area contributed by atoms with E-state index in [1.165, 1.54) is 11.1 Å². The van der Waals surface area contributed by atoms with Crippen LogP contribution >= 0.6 is 24.8 Å².